The smallest absolute Gasteiger partial charge is 0.227 e. The van der Waals surface area contributed by atoms with Crippen LogP contribution in [0, 0.1) is 5.92 Å². The van der Waals surface area contributed by atoms with Gasteiger partial charge in [0.05, 0.1) is 18.1 Å². The van der Waals surface area contributed by atoms with Gasteiger partial charge in [0.2, 0.25) is 11.8 Å². The third kappa shape index (κ3) is 5.17. The number of aromatic nitrogens is 1. The highest BCUT2D eigenvalue weighted by atomic mass is 35.5. The Morgan fingerprint density at radius 3 is 2.48 bits per heavy atom. The van der Waals surface area contributed by atoms with Gasteiger partial charge in [0.15, 0.2) is 0 Å². The molecule has 4 rings (SSSR count). The van der Waals surface area contributed by atoms with Crippen molar-refractivity contribution in [2.45, 2.75) is 39.0 Å². The van der Waals surface area contributed by atoms with Crippen LogP contribution in [0.25, 0.3) is 0 Å². The van der Waals surface area contributed by atoms with Crippen molar-refractivity contribution < 1.29 is 14.3 Å². The third-order valence-electron chi connectivity index (χ3n) is 5.65. The number of hydrogen-bond donors (Lipinski definition) is 1. The Bertz CT molecular complexity index is 925. The molecule has 0 bridgehead atoms. The van der Waals surface area contributed by atoms with Crippen molar-refractivity contribution in [3.63, 3.8) is 0 Å². The summed E-state index contributed by atoms with van der Waals surface area (Å²) in [5.74, 6) is 0.371. The number of amides is 2. The maximum atomic E-state index is 12.6. The number of morpholine rings is 1. The Morgan fingerprint density at radius 2 is 1.84 bits per heavy atom. The fourth-order valence-electron chi connectivity index (χ4n) is 4.16. The average Bonchev–Trinajstić information content (AvgIpc) is 3.14. The maximum Gasteiger partial charge on any atom is 0.227 e. The Labute approximate surface area is 187 Å². The summed E-state index contributed by atoms with van der Waals surface area (Å²) in [6.07, 6.45) is 2.34. The molecule has 3 unspecified atom stereocenters. The first kappa shape index (κ1) is 21.6. The molecule has 2 aliphatic rings. The number of pyridine rings is 1. The van der Waals surface area contributed by atoms with Crippen LogP contribution in [0.1, 0.15) is 25.8 Å². The predicted octanol–water partition coefficient (Wildman–Crippen LogP) is 3.02. The monoisotopic (exact) mass is 442 g/mol. The molecule has 7 nitrogen and oxygen atoms in total. The first-order valence-electron chi connectivity index (χ1n) is 10.6. The second-order valence-electron chi connectivity index (χ2n) is 8.29. The second kappa shape index (κ2) is 9.24. The minimum atomic E-state index is -0.369. The van der Waals surface area contributed by atoms with Crippen LogP contribution in [0.4, 0.5) is 11.5 Å². The molecule has 3 atom stereocenters. The number of carbonyl (C=O) groups is 2. The first-order chi connectivity index (χ1) is 14.9. The number of benzene rings is 1. The lowest BCUT2D eigenvalue weighted by Gasteiger charge is -2.36. The van der Waals surface area contributed by atoms with Gasteiger partial charge in [-0.1, -0.05) is 17.7 Å². The average molecular weight is 443 g/mol. The molecular weight excluding hydrogens is 416 g/mol. The Morgan fingerprint density at radius 1 is 1.13 bits per heavy atom. The van der Waals surface area contributed by atoms with Crippen molar-refractivity contribution >= 4 is 34.9 Å². The Balaban J connectivity index is 1.30. The van der Waals surface area contributed by atoms with Gasteiger partial charge >= 0.3 is 0 Å². The zero-order valence-electron chi connectivity index (χ0n) is 17.8. The van der Waals surface area contributed by atoms with Crippen LogP contribution in [-0.4, -0.2) is 48.6 Å². The molecule has 2 aromatic rings. The molecule has 1 aromatic carbocycles. The van der Waals surface area contributed by atoms with Crippen molar-refractivity contribution in [1.82, 2.24) is 10.3 Å². The van der Waals surface area contributed by atoms with Crippen LogP contribution >= 0.6 is 11.6 Å². The second-order valence-corrected chi connectivity index (χ2v) is 8.72. The number of ether oxygens (including phenoxy) is 1. The van der Waals surface area contributed by atoms with Gasteiger partial charge in [-0.25, -0.2) is 4.98 Å². The normalized spacial score (nSPS) is 23.8. The van der Waals surface area contributed by atoms with E-state index in [9.17, 15) is 9.59 Å². The number of halogens is 1. The van der Waals surface area contributed by atoms with Crippen LogP contribution in [0.2, 0.25) is 5.02 Å². The minimum Gasteiger partial charge on any atom is -0.372 e. The first-order valence-corrected chi connectivity index (χ1v) is 11.0. The standard InChI is InChI=1S/C23H27ClN4O3/c1-15-12-27(13-16(2)31-15)21-8-3-17(10-25-21)11-26-23(30)18-9-22(29)28(14-18)20-6-4-19(24)5-7-20/h3-8,10,15-16,18H,9,11-14H2,1-2H3,(H,26,30). The fraction of sp³-hybridized carbons (Fsp3) is 0.435. The molecule has 1 aromatic heterocycles. The van der Waals surface area contributed by atoms with Gasteiger partial charge in [0.25, 0.3) is 0 Å². The van der Waals surface area contributed by atoms with Crippen LogP contribution in [0.5, 0.6) is 0 Å². The van der Waals surface area contributed by atoms with Gasteiger partial charge in [0.1, 0.15) is 5.82 Å². The Kier molecular flexibility index (Phi) is 6.43. The van der Waals surface area contributed by atoms with Gasteiger partial charge < -0.3 is 19.9 Å². The highest BCUT2D eigenvalue weighted by Crippen LogP contribution is 2.26. The molecule has 0 radical (unpaired) electrons. The van der Waals surface area contributed by atoms with Gasteiger partial charge in [-0.15, -0.1) is 0 Å². The summed E-state index contributed by atoms with van der Waals surface area (Å²) in [5, 5.41) is 3.56. The van der Waals surface area contributed by atoms with E-state index in [0.717, 1.165) is 30.2 Å². The molecule has 2 amide bonds. The number of rotatable bonds is 5. The lowest BCUT2D eigenvalue weighted by molar-refractivity contribution is -0.126. The molecule has 31 heavy (non-hydrogen) atoms. The molecule has 164 valence electrons. The molecule has 2 aliphatic heterocycles. The summed E-state index contributed by atoms with van der Waals surface area (Å²) in [5.41, 5.74) is 1.68. The van der Waals surface area contributed by atoms with E-state index in [4.69, 9.17) is 16.3 Å². The summed E-state index contributed by atoms with van der Waals surface area (Å²) in [6, 6.07) is 11.0. The van der Waals surface area contributed by atoms with Crippen molar-refractivity contribution in [2.75, 3.05) is 29.4 Å². The Hall–Kier alpha value is -2.64. The molecular formula is C23H27ClN4O3. The molecule has 8 heteroatoms. The van der Waals surface area contributed by atoms with E-state index in [0.29, 0.717) is 18.1 Å². The van der Waals surface area contributed by atoms with Gasteiger partial charge in [-0.3, -0.25) is 9.59 Å². The minimum absolute atomic E-state index is 0.0533. The molecule has 3 heterocycles. The quantitative estimate of drug-likeness (QED) is 0.770. The van der Waals surface area contributed by atoms with Crippen LogP contribution in [0.15, 0.2) is 42.6 Å². The van der Waals surface area contributed by atoms with E-state index < -0.39 is 0 Å². The van der Waals surface area contributed by atoms with E-state index in [1.807, 2.05) is 12.1 Å². The molecule has 1 N–H and O–H groups in total. The molecule has 0 saturated carbocycles. The van der Waals surface area contributed by atoms with Crippen LogP contribution in [-0.2, 0) is 20.9 Å². The van der Waals surface area contributed by atoms with E-state index in [-0.39, 0.29) is 36.4 Å². The summed E-state index contributed by atoms with van der Waals surface area (Å²) in [7, 11) is 0. The molecule has 0 aliphatic carbocycles. The zero-order valence-corrected chi connectivity index (χ0v) is 18.5. The van der Waals surface area contributed by atoms with Gasteiger partial charge in [-0.05, 0) is 49.7 Å². The lowest BCUT2D eigenvalue weighted by Crippen LogP contribution is -2.45. The predicted molar refractivity (Wildman–Crippen MR) is 120 cm³/mol. The van der Waals surface area contributed by atoms with E-state index in [1.165, 1.54) is 0 Å². The SMILES string of the molecule is CC1CN(c2ccc(CNC(=O)C3CC(=O)N(c4ccc(Cl)cc4)C3)cn2)CC(C)O1. The third-order valence-corrected chi connectivity index (χ3v) is 5.91. The van der Waals surface area contributed by atoms with Gasteiger partial charge in [0, 0.05) is 49.5 Å². The highest BCUT2D eigenvalue weighted by molar-refractivity contribution is 6.30. The van der Waals surface area contributed by atoms with Gasteiger partial charge in [-0.2, -0.15) is 0 Å². The fourth-order valence-corrected chi connectivity index (χ4v) is 4.29. The topological polar surface area (TPSA) is 74.8 Å². The largest absolute Gasteiger partial charge is 0.372 e. The molecule has 2 fully saturated rings. The summed E-state index contributed by atoms with van der Waals surface area (Å²) < 4.78 is 5.77. The maximum absolute atomic E-state index is 12.6. The number of hydrogen-bond acceptors (Lipinski definition) is 5. The van der Waals surface area contributed by atoms with Crippen molar-refractivity contribution in [1.29, 1.82) is 0 Å². The van der Waals surface area contributed by atoms with Crippen molar-refractivity contribution in [3.8, 4) is 0 Å². The summed E-state index contributed by atoms with van der Waals surface area (Å²) in [6.45, 7) is 6.51. The van der Waals surface area contributed by atoms with Crippen molar-refractivity contribution in [2.24, 2.45) is 5.92 Å². The highest BCUT2D eigenvalue weighted by Gasteiger charge is 2.35. The summed E-state index contributed by atoms with van der Waals surface area (Å²) >= 11 is 5.92. The molecule has 0 spiro atoms. The van der Waals surface area contributed by atoms with Crippen LogP contribution in [0.3, 0.4) is 0 Å². The number of nitrogens with one attached hydrogen (secondary N) is 1. The lowest BCUT2D eigenvalue weighted by atomic mass is 10.1. The zero-order chi connectivity index (χ0) is 22.0. The number of nitrogens with zero attached hydrogens (tertiary/aromatic N) is 3. The number of anilines is 2. The van der Waals surface area contributed by atoms with E-state index in [1.54, 1.807) is 35.4 Å². The van der Waals surface area contributed by atoms with E-state index >= 15 is 0 Å². The van der Waals surface area contributed by atoms with Crippen molar-refractivity contribution in [3.05, 3.63) is 53.2 Å². The van der Waals surface area contributed by atoms with Crippen LogP contribution < -0.4 is 15.1 Å². The van der Waals surface area contributed by atoms with E-state index in [2.05, 4.69) is 29.0 Å². The molecule has 2 saturated heterocycles. The summed E-state index contributed by atoms with van der Waals surface area (Å²) in [4.78, 5) is 33.4. The number of carbonyl (C=O) groups excluding carboxylic acids is 2.